The zero-order valence-electron chi connectivity index (χ0n) is 9.65. The number of carboxylic acid groups (broad SMARTS) is 1. The third kappa shape index (κ3) is 3.41. The van der Waals surface area contributed by atoms with Crippen molar-refractivity contribution in [1.29, 1.82) is 0 Å². The number of hydrogen-bond donors (Lipinski definition) is 2. The highest BCUT2D eigenvalue weighted by Crippen LogP contribution is 2.22. The van der Waals surface area contributed by atoms with Gasteiger partial charge in [0.2, 0.25) is 0 Å². The van der Waals surface area contributed by atoms with Crippen molar-refractivity contribution < 1.29 is 9.90 Å². The summed E-state index contributed by atoms with van der Waals surface area (Å²) in [6.45, 7) is 4.91. The number of thioether (sulfide) groups is 1. The Hall–Kier alpha value is -1.23. The molecule has 0 fully saturated rings. The van der Waals surface area contributed by atoms with E-state index in [0.29, 0.717) is 12.2 Å². The second-order valence-electron chi connectivity index (χ2n) is 4.04. The molecule has 0 atom stereocenters. The van der Waals surface area contributed by atoms with E-state index in [2.05, 4.69) is 24.1 Å². The van der Waals surface area contributed by atoms with Gasteiger partial charge in [-0.3, -0.25) is 4.98 Å². The molecule has 1 rings (SSSR count). The number of nitrogens with one attached hydrogen (secondary N) is 1. The first-order chi connectivity index (χ1) is 7.46. The molecule has 0 saturated carbocycles. The standard InChI is InChI=1S/C11H16N2O2S/c1-11(2,16-3)7-13-9-4-5-12-6-8(9)10(14)15/h4-6H,7H2,1-3H3,(H,12,13)(H,14,15). The molecule has 88 valence electrons. The van der Waals surface area contributed by atoms with Crippen LogP contribution in [0.15, 0.2) is 18.5 Å². The molecular weight excluding hydrogens is 224 g/mol. The van der Waals surface area contributed by atoms with Gasteiger partial charge in [-0.15, -0.1) is 0 Å². The molecule has 0 aliphatic heterocycles. The summed E-state index contributed by atoms with van der Waals surface area (Å²) in [4.78, 5) is 14.7. The van der Waals surface area contributed by atoms with Crippen molar-refractivity contribution in [3.8, 4) is 0 Å². The Kier molecular flexibility index (Phi) is 4.18. The van der Waals surface area contributed by atoms with Crippen molar-refractivity contribution in [3.05, 3.63) is 24.0 Å². The Balaban J connectivity index is 2.78. The second kappa shape index (κ2) is 5.21. The summed E-state index contributed by atoms with van der Waals surface area (Å²) in [5.74, 6) is -0.961. The molecule has 0 aliphatic carbocycles. The molecule has 5 heteroatoms. The predicted molar refractivity (Wildman–Crippen MR) is 67.3 cm³/mol. The Bertz CT molecular complexity index is 380. The van der Waals surface area contributed by atoms with Crippen molar-refractivity contribution in [3.63, 3.8) is 0 Å². The molecule has 0 saturated heterocycles. The van der Waals surface area contributed by atoms with Crippen LogP contribution in [0.5, 0.6) is 0 Å². The quantitative estimate of drug-likeness (QED) is 0.827. The van der Waals surface area contributed by atoms with E-state index in [1.54, 1.807) is 24.0 Å². The molecule has 0 aromatic carbocycles. The van der Waals surface area contributed by atoms with Crippen molar-refractivity contribution in [2.75, 3.05) is 18.1 Å². The molecule has 0 unspecified atom stereocenters. The molecule has 16 heavy (non-hydrogen) atoms. The van der Waals surface area contributed by atoms with Crippen LogP contribution in [0.2, 0.25) is 0 Å². The van der Waals surface area contributed by atoms with Crippen LogP contribution in [0.25, 0.3) is 0 Å². The van der Waals surface area contributed by atoms with E-state index in [0.717, 1.165) is 0 Å². The van der Waals surface area contributed by atoms with Crippen LogP contribution in [0.4, 0.5) is 5.69 Å². The van der Waals surface area contributed by atoms with Crippen LogP contribution in [-0.4, -0.2) is 33.6 Å². The highest BCUT2D eigenvalue weighted by molar-refractivity contribution is 7.99. The summed E-state index contributed by atoms with van der Waals surface area (Å²) in [5.41, 5.74) is 0.823. The maximum Gasteiger partial charge on any atom is 0.339 e. The Morgan fingerprint density at radius 2 is 2.31 bits per heavy atom. The second-order valence-corrected chi connectivity index (χ2v) is 5.56. The summed E-state index contributed by atoms with van der Waals surface area (Å²) < 4.78 is 0.0685. The monoisotopic (exact) mass is 240 g/mol. The first kappa shape index (κ1) is 12.8. The highest BCUT2D eigenvalue weighted by Gasteiger charge is 2.17. The highest BCUT2D eigenvalue weighted by atomic mass is 32.2. The number of aromatic carboxylic acids is 1. The van der Waals surface area contributed by atoms with Gasteiger partial charge in [0.1, 0.15) is 5.56 Å². The Morgan fingerprint density at radius 3 is 2.88 bits per heavy atom. The van der Waals surface area contributed by atoms with Gasteiger partial charge < -0.3 is 10.4 Å². The van der Waals surface area contributed by atoms with Crippen molar-refractivity contribution >= 4 is 23.4 Å². The number of rotatable bonds is 5. The SMILES string of the molecule is CSC(C)(C)CNc1ccncc1C(=O)O. The van der Waals surface area contributed by atoms with Crippen LogP contribution >= 0.6 is 11.8 Å². The number of anilines is 1. The maximum atomic E-state index is 10.9. The lowest BCUT2D eigenvalue weighted by Gasteiger charge is -2.23. The third-order valence-corrected chi connectivity index (χ3v) is 3.56. The molecule has 0 amide bonds. The van der Waals surface area contributed by atoms with Gasteiger partial charge >= 0.3 is 5.97 Å². The fourth-order valence-corrected chi connectivity index (χ4v) is 1.32. The van der Waals surface area contributed by atoms with Crippen LogP contribution in [0.1, 0.15) is 24.2 Å². The summed E-state index contributed by atoms with van der Waals surface area (Å²) in [6.07, 6.45) is 4.98. The molecule has 0 radical (unpaired) electrons. The average molecular weight is 240 g/mol. The number of carbonyl (C=O) groups is 1. The minimum Gasteiger partial charge on any atom is -0.478 e. The van der Waals surface area contributed by atoms with Gasteiger partial charge in [0.05, 0.1) is 5.69 Å². The fourth-order valence-electron chi connectivity index (χ4n) is 1.10. The van der Waals surface area contributed by atoms with Crippen LogP contribution in [0, 0.1) is 0 Å². The normalized spacial score (nSPS) is 11.2. The third-order valence-electron chi connectivity index (χ3n) is 2.31. The molecule has 0 spiro atoms. The number of nitrogens with zero attached hydrogens (tertiary/aromatic N) is 1. The predicted octanol–water partition coefficient (Wildman–Crippen LogP) is 2.33. The number of aromatic nitrogens is 1. The molecule has 1 aromatic heterocycles. The lowest BCUT2D eigenvalue weighted by atomic mass is 10.2. The largest absolute Gasteiger partial charge is 0.478 e. The maximum absolute atomic E-state index is 10.9. The zero-order chi connectivity index (χ0) is 12.2. The van der Waals surface area contributed by atoms with E-state index in [4.69, 9.17) is 5.11 Å². The van der Waals surface area contributed by atoms with E-state index in [1.807, 2.05) is 6.26 Å². The van der Waals surface area contributed by atoms with Crippen LogP contribution < -0.4 is 5.32 Å². The molecule has 1 heterocycles. The van der Waals surface area contributed by atoms with Crippen molar-refractivity contribution in [2.24, 2.45) is 0 Å². The summed E-state index contributed by atoms with van der Waals surface area (Å²) in [6, 6.07) is 1.68. The molecule has 0 bridgehead atoms. The fraction of sp³-hybridized carbons (Fsp3) is 0.455. The number of pyridine rings is 1. The molecule has 4 nitrogen and oxygen atoms in total. The Labute approximate surface area is 99.5 Å². The van der Waals surface area contributed by atoms with Gasteiger partial charge in [0.25, 0.3) is 0 Å². The lowest BCUT2D eigenvalue weighted by molar-refractivity contribution is 0.0697. The average Bonchev–Trinajstić information content (AvgIpc) is 2.27. The summed E-state index contributed by atoms with van der Waals surface area (Å²) >= 11 is 1.74. The lowest BCUT2D eigenvalue weighted by Crippen LogP contribution is -2.26. The van der Waals surface area contributed by atoms with E-state index in [-0.39, 0.29) is 10.3 Å². The zero-order valence-corrected chi connectivity index (χ0v) is 10.5. The minimum absolute atomic E-state index is 0.0685. The number of hydrogen-bond acceptors (Lipinski definition) is 4. The van der Waals surface area contributed by atoms with Gasteiger partial charge in [-0.05, 0) is 26.2 Å². The van der Waals surface area contributed by atoms with E-state index in [1.165, 1.54) is 6.20 Å². The van der Waals surface area contributed by atoms with Crippen molar-refractivity contribution in [1.82, 2.24) is 4.98 Å². The van der Waals surface area contributed by atoms with E-state index >= 15 is 0 Å². The molecule has 2 N–H and O–H groups in total. The smallest absolute Gasteiger partial charge is 0.339 e. The van der Waals surface area contributed by atoms with Gasteiger partial charge in [-0.2, -0.15) is 11.8 Å². The summed E-state index contributed by atoms with van der Waals surface area (Å²) in [5, 5.41) is 12.1. The van der Waals surface area contributed by atoms with Gasteiger partial charge in [-0.1, -0.05) is 0 Å². The number of carboxylic acids is 1. The molecule has 1 aromatic rings. The van der Waals surface area contributed by atoms with Crippen molar-refractivity contribution in [2.45, 2.75) is 18.6 Å². The van der Waals surface area contributed by atoms with Crippen LogP contribution in [0.3, 0.4) is 0 Å². The first-order valence-electron chi connectivity index (χ1n) is 4.92. The van der Waals surface area contributed by atoms with E-state index in [9.17, 15) is 4.79 Å². The van der Waals surface area contributed by atoms with E-state index < -0.39 is 5.97 Å². The minimum atomic E-state index is -0.961. The topological polar surface area (TPSA) is 62.2 Å². The molecular formula is C11H16N2O2S. The van der Waals surface area contributed by atoms with Gasteiger partial charge in [0, 0.05) is 23.7 Å². The van der Waals surface area contributed by atoms with Crippen LogP contribution in [-0.2, 0) is 0 Å². The molecule has 0 aliphatic rings. The first-order valence-corrected chi connectivity index (χ1v) is 6.15. The summed E-state index contributed by atoms with van der Waals surface area (Å²) in [7, 11) is 0. The van der Waals surface area contributed by atoms with Gasteiger partial charge in [-0.25, -0.2) is 4.79 Å². The van der Waals surface area contributed by atoms with Gasteiger partial charge in [0.15, 0.2) is 0 Å². The Morgan fingerprint density at radius 1 is 1.62 bits per heavy atom.